The molecular weight excluding hydrogens is 398 g/mol. The van der Waals surface area contributed by atoms with Crippen LogP contribution in [-0.2, 0) is 11.2 Å². The van der Waals surface area contributed by atoms with Crippen LogP contribution in [0, 0.1) is 0 Å². The van der Waals surface area contributed by atoms with E-state index in [0.29, 0.717) is 23.6 Å². The predicted molar refractivity (Wildman–Crippen MR) is 122 cm³/mol. The molecule has 0 fully saturated rings. The van der Waals surface area contributed by atoms with Gasteiger partial charge in [-0.25, -0.2) is 4.79 Å². The lowest BCUT2D eigenvalue weighted by Crippen LogP contribution is -2.26. The summed E-state index contributed by atoms with van der Waals surface area (Å²) in [7, 11) is 0. The fourth-order valence-corrected chi connectivity index (χ4v) is 3.25. The number of aryl methyl sites for hydroxylation is 1. The SMILES string of the molecule is CC(NC(=O)CCc1ccccc1Cl)c1ccc(NC(=O)Nc2ccccc2)cc1. The van der Waals surface area contributed by atoms with Crippen LogP contribution in [0.5, 0.6) is 0 Å². The largest absolute Gasteiger partial charge is 0.350 e. The number of carbonyl (C=O) groups is 2. The molecule has 5 nitrogen and oxygen atoms in total. The minimum Gasteiger partial charge on any atom is -0.350 e. The first-order valence-corrected chi connectivity index (χ1v) is 10.1. The highest BCUT2D eigenvalue weighted by atomic mass is 35.5. The van der Waals surface area contributed by atoms with Gasteiger partial charge in [-0.1, -0.05) is 60.1 Å². The molecule has 1 atom stereocenters. The van der Waals surface area contributed by atoms with Crippen molar-refractivity contribution in [2.45, 2.75) is 25.8 Å². The van der Waals surface area contributed by atoms with E-state index in [0.717, 1.165) is 16.8 Å². The van der Waals surface area contributed by atoms with Crippen LogP contribution in [0.2, 0.25) is 5.02 Å². The molecule has 3 amide bonds. The van der Waals surface area contributed by atoms with Gasteiger partial charge in [-0.15, -0.1) is 0 Å². The summed E-state index contributed by atoms with van der Waals surface area (Å²) in [6.07, 6.45) is 0.963. The van der Waals surface area contributed by atoms with E-state index in [1.165, 1.54) is 0 Å². The van der Waals surface area contributed by atoms with Gasteiger partial charge in [-0.05, 0) is 54.8 Å². The Bertz CT molecular complexity index is 991. The zero-order valence-corrected chi connectivity index (χ0v) is 17.4. The summed E-state index contributed by atoms with van der Waals surface area (Å²) in [5.41, 5.74) is 3.31. The molecule has 0 aliphatic rings. The van der Waals surface area contributed by atoms with Crippen LogP contribution in [0.15, 0.2) is 78.9 Å². The van der Waals surface area contributed by atoms with Crippen molar-refractivity contribution in [2.24, 2.45) is 0 Å². The highest BCUT2D eigenvalue weighted by Crippen LogP contribution is 2.19. The van der Waals surface area contributed by atoms with Crippen molar-refractivity contribution in [1.82, 2.24) is 5.32 Å². The zero-order valence-electron chi connectivity index (χ0n) is 16.7. The van der Waals surface area contributed by atoms with Crippen molar-refractivity contribution in [3.8, 4) is 0 Å². The first-order chi connectivity index (χ1) is 14.5. The lowest BCUT2D eigenvalue weighted by atomic mass is 10.1. The third-order valence-electron chi connectivity index (χ3n) is 4.66. The molecule has 3 rings (SSSR count). The molecule has 0 saturated carbocycles. The first kappa shape index (κ1) is 21.4. The van der Waals surface area contributed by atoms with Gasteiger partial charge in [0.1, 0.15) is 0 Å². The Morgan fingerprint density at radius 1 is 0.833 bits per heavy atom. The van der Waals surface area contributed by atoms with E-state index >= 15 is 0 Å². The summed E-state index contributed by atoms with van der Waals surface area (Å²) in [6.45, 7) is 1.93. The maximum absolute atomic E-state index is 12.3. The summed E-state index contributed by atoms with van der Waals surface area (Å²) in [4.78, 5) is 24.3. The fourth-order valence-electron chi connectivity index (χ4n) is 3.02. The molecule has 0 aliphatic carbocycles. The molecule has 30 heavy (non-hydrogen) atoms. The van der Waals surface area contributed by atoms with Crippen molar-refractivity contribution in [3.05, 3.63) is 95.0 Å². The molecule has 0 aliphatic heterocycles. The molecule has 3 N–H and O–H groups in total. The van der Waals surface area contributed by atoms with Crippen LogP contribution in [0.4, 0.5) is 16.2 Å². The topological polar surface area (TPSA) is 70.2 Å². The van der Waals surface area contributed by atoms with Crippen LogP contribution < -0.4 is 16.0 Å². The Hall–Kier alpha value is -3.31. The Morgan fingerprint density at radius 2 is 1.43 bits per heavy atom. The van der Waals surface area contributed by atoms with E-state index in [1.807, 2.05) is 85.8 Å². The summed E-state index contributed by atoms with van der Waals surface area (Å²) in [6, 6.07) is 23.7. The van der Waals surface area contributed by atoms with Gasteiger partial charge in [0.2, 0.25) is 5.91 Å². The number of para-hydroxylation sites is 1. The standard InChI is InChI=1S/C24H24ClN3O2/c1-17(26-23(29)16-13-19-7-5-6-10-22(19)25)18-11-14-21(15-12-18)28-24(30)27-20-8-3-2-4-9-20/h2-12,14-15,17H,13,16H2,1H3,(H,26,29)(H2,27,28,30). The number of halogens is 1. The Labute approximate surface area is 181 Å². The zero-order chi connectivity index (χ0) is 21.3. The monoisotopic (exact) mass is 421 g/mol. The molecule has 154 valence electrons. The summed E-state index contributed by atoms with van der Waals surface area (Å²) in [5, 5.41) is 9.24. The maximum atomic E-state index is 12.3. The van der Waals surface area contributed by atoms with Crippen LogP contribution >= 0.6 is 11.6 Å². The lowest BCUT2D eigenvalue weighted by molar-refractivity contribution is -0.121. The average Bonchev–Trinajstić information content (AvgIpc) is 2.74. The lowest BCUT2D eigenvalue weighted by Gasteiger charge is -2.15. The highest BCUT2D eigenvalue weighted by molar-refractivity contribution is 6.31. The molecule has 0 aromatic heterocycles. The molecule has 3 aromatic rings. The van der Waals surface area contributed by atoms with Crippen LogP contribution in [0.3, 0.4) is 0 Å². The van der Waals surface area contributed by atoms with E-state index < -0.39 is 0 Å². The van der Waals surface area contributed by atoms with Gasteiger partial charge in [-0.3, -0.25) is 4.79 Å². The molecule has 0 spiro atoms. The normalized spacial score (nSPS) is 11.4. The summed E-state index contributed by atoms with van der Waals surface area (Å²) >= 11 is 6.14. The Kier molecular flexibility index (Phi) is 7.46. The van der Waals surface area contributed by atoms with Crippen molar-refractivity contribution < 1.29 is 9.59 Å². The molecule has 0 saturated heterocycles. The minimum absolute atomic E-state index is 0.0353. The van der Waals surface area contributed by atoms with Gasteiger partial charge in [0, 0.05) is 22.8 Å². The van der Waals surface area contributed by atoms with Gasteiger partial charge in [0.05, 0.1) is 6.04 Å². The predicted octanol–water partition coefficient (Wildman–Crippen LogP) is 5.79. The smallest absolute Gasteiger partial charge is 0.323 e. The Balaban J connectivity index is 1.48. The van der Waals surface area contributed by atoms with E-state index in [2.05, 4.69) is 16.0 Å². The second kappa shape index (κ2) is 10.5. The summed E-state index contributed by atoms with van der Waals surface area (Å²) < 4.78 is 0. The number of anilines is 2. The molecule has 0 radical (unpaired) electrons. The van der Waals surface area contributed by atoms with Gasteiger partial charge in [0.15, 0.2) is 0 Å². The van der Waals surface area contributed by atoms with Crippen molar-refractivity contribution >= 4 is 34.9 Å². The summed E-state index contributed by atoms with van der Waals surface area (Å²) in [5.74, 6) is -0.0353. The highest BCUT2D eigenvalue weighted by Gasteiger charge is 2.11. The van der Waals surface area contributed by atoms with Gasteiger partial charge >= 0.3 is 6.03 Å². The van der Waals surface area contributed by atoms with Gasteiger partial charge in [0.25, 0.3) is 0 Å². The maximum Gasteiger partial charge on any atom is 0.323 e. The third kappa shape index (κ3) is 6.36. The molecule has 0 bridgehead atoms. The number of rotatable bonds is 7. The number of benzene rings is 3. The quantitative estimate of drug-likeness (QED) is 0.451. The average molecular weight is 422 g/mol. The van der Waals surface area contributed by atoms with Crippen molar-refractivity contribution in [2.75, 3.05) is 10.6 Å². The van der Waals surface area contributed by atoms with E-state index in [4.69, 9.17) is 11.6 Å². The van der Waals surface area contributed by atoms with E-state index in [1.54, 1.807) is 0 Å². The fraction of sp³-hybridized carbons (Fsp3) is 0.167. The third-order valence-corrected chi connectivity index (χ3v) is 5.03. The van der Waals surface area contributed by atoms with Gasteiger partial charge in [-0.2, -0.15) is 0 Å². The van der Waals surface area contributed by atoms with Crippen LogP contribution in [0.25, 0.3) is 0 Å². The number of urea groups is 1. The van der Waals surface area contributed by atoms with Gasteiger partial charge < -0.3 is 16.0 Å². The van der Waals surface area contributed by atoms with E-state index in [9.17, 15) is 9.59 Å². The molecule has 0 heterocycles. The molecule has 6 heteroatoms. The first-order valence-electron chi connectivity index (χ1n) is 9.77. The second-order valence-corrected chi connectivity index (χ2v) is 7.35. The Morgan fingerprint density at radius 3 is 2.10 bits per heavy atom. The number of nitrogens with one attached hydrogen (secondary N) is 3. The van der Waals surface area contributed by atoms with E-state index in [-0.39, 0.29) is 18.0 Å². The molecule has 1 unspecified atom stereocenters. The van der Waals surface area contributed by atoms with Crippen LogP contribution in [-0.4, -0.2) is 11.9 Å². The number of hydrogen-bond acceptors (Lipinski definition) is 2. The number of carbonyl (C=O) groups excluding carboxylic acids is 2. The second-order valence-electron chi connectivity index (χ2n) is 6.95. The minimum atomic E-state index is -0.310. The molecule has 3 aromatic carbocycles. The van der Waals surface area contributed by atoms with Crippen molar-refractivity contribution in [1.29, 1.82) is 0 Å². The number of hydrogen-bond donors (Lipinski definition) is 3. The van der Waals surface area contributed by atoms with Crippen molar-refractivity contribution in [3.63, 3.8) is 0 Å². The molecular formula is C24H24ClN3O2. The number of amides is 3. The van der Waals surface area contributed by atoms with Crippen LogP contribution in [0.1, 0.15) is 30.5 Å².